The van der Waals surface area contributed by atoms with Gasteiger partial charge < -0.3 is 9.52 Å². The van der Waals surface area contributed by atoms with Crippen molar-refractivity contribution in [2.75, 3.05) is 31.6 Å². The molecule has 0 aliphatic rings. The molecule has 1 aromatic rings. The lowest BCUT2D eigenvalue weighted by Crippen LogP contribution is -2.38. The highest BCUT2D eigenvalue weighted by molar-refractivity contribution is 5.90. The first-order valence-electron chi connectivity index (χ1n) is 5.22. The number of alkyl halides is 2. The van der Waals surface area contributed by atoms with Gasteiger partial charge in [0.2, 0.25) is 11.8 Å². The van der Waals surface area contributed by atoms with Crippen molar-refractivity contribution < 1.29 is 23.1 Å². The van der Waals surface area contributed by atoms with Crippen LogP contribution in [0.1, 0.15) is 5.89 Å². The molecule has 7 nitrogen and oxygen atoms in total. The van der Waals surface area contributed by atoms with E-state index in [1.807, 2.05) is 0 Å². The molecule has 0 aliphatic heterocycles. The molecule has 9 heteroatoms. The van der Waals surface area contributed by atoms with Crippen molar-refractivity contribution in [1.29, 1.82) is 0 Å². The predicted molar refractivity (Wildman–Crippen MR) is 57.2 cm³/mol. The lowest BCUT2D eigenvalue weighted by Gasteiger charge is -2.19. The van der Waals surface area contributed by atoms with E-state index in [1.54, 1.807) is 6.92 Å². The van der Waals surface area contributed by atoms with Crippen LogP contribution in [0, 0.1) is 6.92 Å². The quantitative estimate of drug-likeness (QED) is 0.713. The van der Waals surface area contributed by atoms with Gasteiger partial charge in [0.05, 0.1) is 19.7 Å². The summed E-state index contributed by atoms with van der Waals surface area (Å²) in [5, 5.41) is 18.0. The number of carbonyl (C=O) groups excluding carboxylic acids is 1. The number of anilines is 1. The second kappa shape index (κ2) is 6.97. The van der Waals surface area contributed by atoms with Crippen LogP contribution in [0.15, 0.2) is 4.42 Å². The Hall–Kier alpha value is -1.61. The van der Waals surface area contributed by atoms with Crippen molar-refractivity contribution in [3.05, 3.63) is 5.89 Å². The van der Waals surface area contributed by atoms with Crippen LogP contribution in [0.4, 0.5) is 14.8 Å². The van der Waals surface area contributed by atoms with Crippen LogP contribution in [-0.4, -0.2) is 58.8 Å². The van der Waals surface area contributed by atoms with Gasteiger partial charge in [-0.2, -0.15) is 0 Å². The van der Waals surface area contributed by atoms with E-state index in [2.05, 4.69) is 15.5 Å². The first kappa shape index (κ1) is 14.5. The molecule has 0 bridgehead atoms. The zero-order valence-corrected chi connectivity index (χ0v) is 9.77. The van der Waals surface area contributed by atoms with Gasteiger partial charge in [-0.05, 0) is 0 Å². The molecule has 102 valence electrons. The van der Waals surface area contributed by atoms with Crippen LogP contribution in [0.5, 0.6) is 0 Å². The molecule has 2 N–H and O–H groups in total. The van der Waals surface area contributed by atoms with E-state index >= 15 is 0 Å². The second-order valence-electron chi connectivity index (χ2n) is 3.52. The number of nitrogens with zero attached hydrogens (tertiary/aromatic N) is 3. The van der Waals surface area contributed by atoms with Gasteiger partial charge in [-0.1, -0.05) is 5.10 Å². The van der Waals surface area contributed by atoms with Crippen LogP contribution in [0.2, 0.25) is 0 Å². The molecule has 0 radical (unpaired) electrons. The van der Waals surface area contributed by atoms with Crippen molar-refractivity contribution in [1.82, 2.24) is 15.1 Å². The van der Waals surface area contributed by atoms with Gasteiger partial charge in [0.1, 0.15) is 0 Å². The van der Waals surface area contributed by atoms with E-state index in [4.69, 9.17) is 9.52 Å². The molecular weight excluding hydrogens is 250 g/mol. The summed E-state index contributed by atoms with van der Waals surface area (Å²) in [5.41, 5.74) is 0. The molecule has 0 spiro atoms. The zero-order chi connectivity index (χ0) is 13.5. The minimum atomic E-state index is -2.57. The zero-order valence-electron chi connectivity index (χ0n) is 9.77. The van der Waals surface area contributed by atoms with Crippen molar-refractivity contribution >= 4 is 11.9 Å². The Morgan fingerprint density at radius 2 is 2.28 bits per heavy atom. The fourth-order valence-corrected chi connectivity index (χ4v) is 1.28. The Morgan fingerprint density at radius 3 is 2.78 bits per heavy atom. The summed E-state index contributed by atoms with van der Waals surface area (Å²) in [6.07, 6.45) is -2.57. The number of aryl methyl sites for hydroxylation is 1. The van der Waals surface area contributed by atoms with E-state index < -0.39 is 18.9 Å². The lowest BCUT2D eigenvalue weighted by molar-refractivity contribution is -0.117. The molecule has 1 rings (SSSR count). The van der Waals surface area contributed by atoms with E-state index in [0.29, 0.717) is 0 Å². The molecule has 18 heavy (non-hydrogen) atoms. The third-order valence-electron chi connectivity index (χ3n) is 1.95. The maximum Gasteiger partial charge on any atom is 0.322 e. The molecule has 1 heterocycles. The fraction of sp³-hybridized carbons (Fsp3) is 0.667. The molecule has 0 atom stereocenters. The minimum Gasteiger partial charge on any atom is -0.408 e. The highest BCUT2D eigenvalue weighted by Gasteiger charge is 2.16. The fourth-order valence-electron chi connectivity index (χ4n) is 1.28. The van der Waals surface area contributed by atoms with Gasteiger partial charge in [0.15, 0.2) is 0 Å². The van der Waals surface area contributed by atoms with E-state index in [0.717, 1.165) is 4.90 Å². The van der Waals surface area contributed by atoms with Crippen LogP contribution in [-0.2, 0) is 4.79 Å². The highest BCUT2D eigenvalue weighted by atomic mass is 19.3. The molecule has 0 aliphatic carbocycles. The number of aromatic nitrogens is 2. The van der Waals surface area contributed by atoms with Crippen molar-refractivity contribution in [3.8, 4) is 0 Å². The maximum absolute atomic E-state index is 12.2. The molecule has 1 amide bonds. The van der Waals surface area contributed by atoms with E-state index in [-0.39, 0.29) is 31.6 Å². The third kappa shape index (κ3) is 5.15. The first-order chi connectivity index (χ1) is 8.51. The van der Waals surface area contributed by atoms with Crippen LogP contribution in [0.25, 0.3) is 0 Å². The monoisotopic (exact) mass is 264 g/mol. The maximum atomic E-state index is 12.2. The number of nitrogens with one attached hydrogen (secondary N) is 1. The number of carbonyl (C=O) groups is 1. The molecule has 0 saturated heterocycles. The Bertz CT molecular complexity index is 386. The molecule has 0 fully saturated rings. The normalized spacial score (nSPS) is 11.2. The van der Waals surface area contributed by atoms with E-state index in [1.165, 1.54) is 0 Å². The smallest absolute Gasteiger partial charge is 0.322 e. The topological polar surface area (TPSA) is 91.5 Å². The molecular formula is C9H14F2N4O3. The Balaban J connectivity index is 2.45. The number of hydrogen-bond acceptors (Lipinski definition) is 6. The average Bonchev–Trinajstić information content (AvgIpc) is 2.62. The van der Waals surface area contributed by atoms with Gasteiger partial charge in [-0.15, -0.1) is 5.10 Å². The van der Waals surface area contributed by atoms with Crippen LogP contribution in [0.3, 0.4) is 0 Å². The minimum absolute atomic E-state index is 0.0133. The summed E-state index contributed by atoms with van der Waals surface area (Å²) >= 11 is 0. The third-order valence-corrected chi connectivity index (χ3v) is 1.95. The Morgan fingerprint density at radius 1 is 1.56 bits per heavy atom. The Kier molecular flexibility index (Phi) is 5.59. The molecule has 0 saturated carbocycles. The highest BCUT2D eigenvalue weighted by Crippen LogP contribution is 2.04. The summed E-state index contributed by atoms with van der Waals surface area (Å²) in [6.45, 7) is 0.362. The standard InChI is InChI=1S/C9H14F2N4O3/c1-6-13-14-9(18-6)12-8(17)5-15(2-3-16)4-7(10)11/h7,16H,2-5H2,1H3,(H,12,14,17). The van der Waals surface area contributed by atoms with Gasteiger partial charge in [0, 0.05) is 13.5 Å². The van der Waals surface area contributed by atoms with Crippen LogP contribution < -0.4 is 5.32 Å². The number of aliphatic hydroxyl groups excluding tert-OH is 1. The first-order valence-corrected chi connectivity index (χ1v) is 5.22. The summed E-state index contributed by atoms with van der Waals surface area (Å²) in [6, 6.07) is -0.0847. The average molecular weight is 264 g/mol. The molecule has 0 aromatic carbocycles. The van der Waals surface area contributed by atoms with Gasteiger partial charge >= 0.3 is 6.01 Å². The summed E-state index contributed by atoms with van der Waals surface area (Å²) in [5.74, 6) is -0.280. The largest absolute Gasteiger partial charge is 0.408 e. The second-order valence-corrected chi connectivity index (χ2v) is 3.52. The van der Waals surface area contributed by atoms with Gasteiger partial charge in [0.25, 0.3) is 6.43 Å². The summed E-state index contributed by atoms with van der Waals surface area (Å²) in [7, 11) is 0. The number of halogens is 2. The SMILES string of the molecule is Cc1nnc(NC(=O)CN(CCO)CC(F)F)o1. The molecule has 1 aromatic heterocycles. The van der Waals surface area contributed by atoms with Crippen molar-refractivity contribution in [2.45, 2.75) is 13.3 Å². The number of hydrogen-bond donors (Lipinski definition) is 2. The van der Waals surface area contributed by atoms with E-state index in [9.17, 15) is 13.6 Å². The van der Waals surface area contributed by atoms with Crippen LogP contribution >= 0.6 is 0 Å². The predicted octanol–water partition coefficient (Wildman–Crippen LogP) is -0.124. The summed E-state index contributed by atoms with van der Waals surface area (Å²) < 4.78 is 29.3. The van der Waals surface area contributed by atoms with Gasteiger partial charge in [-0.3, -0.25) is 15.0 Å². The van der Waals surface area contributed by atoms with Crippen molar-refractivity contribution in [3.63, 3.8) is 0 Å². The number of aliphatic hydroxyl groups is 1. The number of amides is 1. The van der Waals surface area contributed by atoms with Gasteiger partial charge in [-0.25, -0.2) is 8.78 Å². The number of rotatable bonds is 7. The lowest BCUT2D eigenvalue weighted by atomic mass is 10.4. The van der Waals surface area contributed by atoms with Crippen molar-refractivity contribution in [2.24, 2.45) is 0 Å². The Labute approximate surface area is 102 Å². The summed E-state index contributed by atoms with van der Waals surface area (Å²) in [4.78, 5) is 12.6. The molecule has 0 unspecified atom stereocenters.